The molecule has 186 valence electrons. The summed E-state index contributed by atoms with van der Waals surface area (Å²) in [5.74, 6) is 0.255. The van der Waals surface area contributed by atoms with Crippen molar-refractivity contribution in [1.29, 1.82) is 0 Å². The molecule has 0 aromatic rings. The topological polar surface area (TPSA) is 58.2 Å². The van der Waals surface area contributed by atoms with Gasteiger partial charge < -0.3 is 10.6 Å². The smallest absolute Gasteiger partial charge is 0.219 e. The number of unbranched alkanes of at least 4 members (excludes halogenated alkanes) is 13. The van der Waals surface area contributed by atoms with E-state index in [0.717, 1.165) is 38.8 Å². The van der Waals surface area contributed by atoms with E-state index >= 15 is 0 Å². The highest BCUT2D eigenvalue weighted by atomic mass is 16.2. The van der Waals surface area contributed by atoms with Crippen LogP contribution in [0.5, 0.6) is 0 Å². The SMILES string of the molecule is C/C=C/CCCCCCCCNC(=O)CCCCC(=O)NCCCCCCCC/C=C/C. The fourth-order valence-corrected chi connectivity index (χ4v) is 3.73. The molecule has 0 saturated heterocycles. The highest BCUT2D eigenvalue weighted by Crippen LogP contribution is 2.08. The van der Waals surface area contributed by atoms with Gasteiger partial charge in [-0.1, -0.05) is 75.7 Å². The molecule has 32 heavy (non-hydrogen) atoms. The molecule has 0 saturated carbocycles. The fourth-order valence-electron chi connectivity index (χ4n) is 3.73. The lowest BCUT2D eigenvalue weighted by atomic mass is 10.1. The molecule has 0 bridgehead atoms. The molecule has 0 aliphatic heterocycles. The summed E-state index contributed by atoms with van der Waals surface area (Å²) in [5.41, 5.74) is 0. The monoisotopic (exact) mass is 448 g/mol. The van der Waals surface area contributed by atoms with Crippen molar-refractivity contribution in [2.45, 2.75) is 129 Å². The van der Waals surface area contributed by atoms with E-state index < -0.39 is 0 Å². The van der Waals surface area contributed by atoms with E-state index in [1.165, 1.54) is 77.0 Å². The minimum absolute atomic E-state index is 0.127. The largest absolute Gasteiger partial charge is 0.356 e. The maximum Gasteiger partial charge on any atom is 0.219 e. The zero-order valence-corrected chi connectivity index (χ0v) is 21.3. The van der Waals surface area contributed by atoms with Crippen LogP contribution in [0.4, 0.5) is 0 Å². The van der Waals surface area contributed by atoms with Crippen molar-refractivity contribution in [3.63, 3.8) is 0 Å². The van der Waals surface area contributed by atoms with Gasteiger partial charge in [0.2, 0.25) is 11.8 Å². The summed E-state index contributed by atoms with van der Waals surface area (Å²) in [6, 6.07) is 0. The van der Waals surface area contributed by atoms with E-state index in [9.17, 15) is 9.59 Å². The summed E-state index contributed by atoms with van der Waals surface area (Å²) < 4.78 is 0. The lowest BCUT2D eigenvalue weighted by Gasteiger charge is -2.07. The van der Waals surface area contributed by atoms with Gasteiger partial charge in [-0.2, -0.15) is 0 Å². The number of rotatable bonds is 23. The van der Waals surface area contributed by atoms with Crippen LogP contribution in [-0.4, -0.2) is 24.9 Å². The van der Waals surface area contributed by atoms with Crippen molar-refractivity contribution >= 4 is 11.8 Å². The maximum atomic E-state index is 11.9. The average molecular weight is 449 g/mol. The number of hydrogen-bond acceptors (Lipinski definition) is 2. The summed E-state index contributed by atoms with van der Waals surface area (Å²) in [6.45, 7) is 5.72. The first-order valence-electron chi connectivity index (χ1n) is 13.5. The highest BCUT2D eigenvalue weighted by molar-refractivity contribution is 5.77. The molecule has 0 atom stereocenters. The Kier molecular flexibility index (Phi) is 24.4. The lowest BCUT2D eigenvalue weighted by molar-refractivity contribution is -0.123. The first-order chi connectivity index (χ1) is 15.7. The van der Waals surface area contributed by atoms with Gasteiger partial charge in [-0.3, -0.25) is 9.59 Å². The van der Waals surface area contributed by atoms with E-state index in [1.807, 2.05) is 0 Å². The molecule has 2 N–H and O–H groups in total. The molecule has 0 aliphatic carbocycles. The van der Waals surface area contributed by atoms with Crippen molar-refractivity contribution in [3.8, 4) is 0 Å². The zero-order valence-electron chi connectivity index (χ0n) is 21.3. The van der Waals surface area contributed by atoms with Crippen LogP contribution in [0.2, 0.25) is 0 Å². The van der Waals surface area contributed by atoms with Gasteiger partial charge >= 0.3 is 0 Å². The number of hydrogen-bond donors (Lipinski definition) is 2. The number of nitrogens with one attached hydrogen (secondary N) is 2. The van der Waals surface area contributed by atoms with E-state index in [-0.39, 0.29) is 11.8 Å². The van der Waals surface area contributed by atoms with Crippen molar-refractivity contribution in [2.24, 2.45) is 0 Å². The lowest BCUT2D eigenvalue weighted by Crippen LogP contribution is -2.25. The zero-order chi connectivity index (χ0) is 23.5. The predicted octanol–water partition coefficient (Wildman–Crippen LogP) is 7.39. The van der Waals surface area contributed by atoms with Crippen LogP contribution in [-0.2, 0) is 9.59 Å². The van der Waals surface area contributed by atoms with Gasteiger partial charge in [0, 0.05) is 25.9 Å². The maximum absolute atomic E-state index is 11.9. The van der Waals surface area contributed by atoms with E-state index in [0.29, 0.717) is 12.8 Å². The first kappa shape index (κ1) is 30.4. The Morgan fingerprint density at radius 1 is 0.500 bits per heavy atom. The Bertz CT molecular complexity index is 442. The molecule has 4 nitrogen and oxygen atoms in total. The summed E-state index contributed by atoms with van der Waals surface area (Å²) in [7, 11) is 0. The molecule has 0 spiro atoms. The summed E-state index contributed by atoms with van der Waals surface area (Å²) >= 11 is 0. The van der Waals surface area contributed by atoms with Gasteiger partial charge in [0.15, 0.2) is 0 Å². The van der Waals surface area contributed by atoms with Gasteiger partial charge in [-0.15, -0.1) is 0 Å². The fraction of sp³-hybridized carbons (Fsp3) is 0.786. The Hall–Kier alpha value is -1.58. The van der Waals surface area contributed by atoms with Gasteiger partial charge in [0.05, 0.1) is 0 Å². The summed E-state index contributed by atoms with van der Waals surface area (Å²) in [5, 5.41) is 6.02. The van der Waals surface area contributed by atoms with E-state index in [2.05, 4.69) is 48.8 Å². The van der Waals surface area contributed by atoms with Gasteiger partial charge in [0.1, 0.15) is 0 Å². The van der Waals surface area contributed by atoms with Crippen molar-refractivity contribution in [2.75, 3.05) is 13.1 Å². The molecule has 4 heteroatoms. The first-order valence-corrected chi connectivity index (χ1v) is 13.5. The second-order valence-corrected chi connectivity index (χ2v) is 8.87. The predicted molar refractivity (Wildman–Crippen MR) is 139 cm³/mol. The number of amides is 2. The third-order valence-corrected chi connectivity index (χ3v) is 5.77. The minimum Gasteiger partial charge on any atom is -0.356 e. The third kappa shape index (κ3) is 24.7. The molecule has 0 aromatic carbocycles. The normalized spacial score (nSPS) is 11.4. The molecule has 0 aliphatic rings. The molecule has 0 radical (unpaired) electrons. The standard InChI is InChI=1S/C28H52N2O2/c1-3-5-7-9-11-13-15-17-21-25-29-27(31)23-19-20-24-28(32)30-26-22-18-16-14-12-10-8-6-4-2/h3-6H,7-26H2,1-2H3,(H,29,31)(H,30,32)/b5-3+,6-4+. The van der Waals surface area contributed by atoms with Crippen LogP contribution in [0.1, 0.15) is 129 Å². The third-order valence-electron chi connectivity index (χ3n) is 5.77. The summed E-state index contributed by atoms with van der Waals surface area (Å²) in [4.78, 5) is 23.7. The second-order valence-electron chi connectivity index (χ2n) is 8.87. The van der Waals surface area contributed by atoms with E-state index in [4.69, 9.17) is 0 Å². The highest BCUT2D eigenvalue weighted by Gasteiger charge is 2.04. The number of carbonyl (C=O) groups is 2. The van der Waals surface area contributed by atoms with Crippen LogP contribution in [0.15, 0.2) is 24.3 Å². The Morgan fingerprint density at radius 3 is 1.22 bits per heavy atom. The Labute approximate surface area is 199 Å². The molecule has 0 fully saturated rings. The van der Waals surface area contributed by atoms with E-state index in [1.54, 1.807) is 0 Å². The van der Waals surface area contributed by atoms with Crippen molar-refractivity contribution in [3.05, 3.63) is 24.3 Å². The van der Waals surface area contributed by atoms with Crippen LogP contribution in [0, 0.1) is 0 Å². The molecule has 0 aromatic heterocycles. The second kappa shape index (κ2) is 25.7. The van der Waals surface area contributed by atoms with Crippen LogP contribution < -0.4 is 10.6 Å². The molecular weight excluding hydrogens is 396 g/mol. The Balaban J connectivity index is 3.32. The number of carbonyl (C=O) groups excluding carboxylic acids is 2. The van der Waals surface area contributed by atoms with Crippen molar-refractivity contribution < 1.29 is 9.59 Å². The molecule has 0 unspecified atom stereocenters. The number of allylic oxidation sites excluding steroid dienone is 4. The quantitative estimate of drug-likeness (QED) is 0.126. The van der Waals surface area contributed by atoms with Gasteiger partial charge in [0.25, 0.3) is 0 Å². The average Bonchev–Trinajstić information content (AvgIpc) is 2.79. The molecule has 0 rings (SSSR count). The minimum atomic E-state index is 0.127. The van der Waals surface area contributed by atoms with Crippen LogP contribution in [0.25, 0.3) is 0 Å². The van der Waals surface area contributed by atoms with Crippen molar-refractivity contribution in [1.82, 2.24) is 10.6 Å². The summed E-state index contributed by atoms with van der Waals surface area (Å²) in [6.07, 6.45) is 28.6. The Morgan fingerprint density at radius 2 is 0.844 bits per heavy atom. The van der Waals surface area contributed by atoms with Gasteiger partial charge in [-0.05, 0) is 65.2 Å². The molecule has 0 heterocycles. The van der Waals surface area contributed by atoms with Crippen LogP contribution in [0.3, 0.4) is 0 Å². The molecule has 2 amide bonds. The molecular formula is C28H52N2O2. The van der Waals surface area contributed by atoms with Gasteiger partial charge in [-0.25, -0.2) is 0 Å². The van der Waals surface area contributed by atoms with Crippen LogP contribution >= 0.6 is 0 Å².